The van der Waals surface area contributed by atoms with E-state index in [2.05, 4.69) is 11.9 Å². The second-order valence-electron chi connectivity index (χ2n) is 6.64. The molecule has 2 aromatic rings. The molecular formula is C18H26N2O. The summed E-state index contributed by atoms with van der Waals surface area (Å²) < 4.78 is 1.98. The number of aromatic nitrogens is 2. The van der Waals surface area contributed by atoms with Crippen molar-refractivity contribution in [1.82, 2.24) is 9.38 Å². The Morgan fingerprint density at radius 2 is 2.19 bits per heavy atom. The number of unbranched alkanes of at least 4 members (excludes halogenated alkanes) is 2. The molecule has 1 saturated carbocycles. The number of imidazole rings is 1. The number of hydrogen-bond acceptors (Lipinski definition) is 2. The highest BCUT2D eigenvalue weighted by Gasteiger charge is 2.22. The molecule has 1 aliphatic carbocycles. The van der Waals surface area contributed by atoms with Gasteiger partial charge in [-0.05, 0) is 24.7 Å². The fraction of sp³-hybridized carbons (Fsp3) is 0.611. The van der Waals surface area contributed by atoms with Crippen molar-refractivity contribution in [1.29, 1.82) is 0 Å². The Balaban J connectivity index is 1.44. The predicted octanol–water partition coefficient (Wildman–Crippen LogP) is 4.58. The van der Waals surface area contributed by atoms with E-state index >= 15 is 0 Å². The molecule has 0 radical (unpaired) electrons. The lowest BCUT2D eigenvalue weighted by atomic mass is 9.92. The molecule has 0 saturated heterocycles. The van der Waals surface area contributed by atoms with Crippen molar-refractivity contribution in [2.45, 2.75) is 58.3 Å². The van der Waals surface area contributed by atoms with Crippen molar-refractivity contribution in [3.63, 3.8) is 0 Å². The summed E-state index contributed by atoms with van der Waals surface area (Å²) >= 11 is 0. The maximum Gasteiger partial charge on any atom is 0.140 e. The molecule has 3 rings (SSSR count). The number of hydrogen-bond donors (Lipinski definition) is 1. The Labute approximate surface area is 127 Å². The molecule has 1 fully saturated rings. The van der Waals surface area contributed by atoms with Crippen LogP contribution >= 0.6 is 0 Å². The van der Waals surface area contributed by atoms with Crippen molar-refractivity contribution in [2.24, 2.45) is 11.8 Å². The Hall–Kier alpha value is -1.51. The summed E-state index contributed by atoms with van der Waals surface area (Å²) in [5.41, 5.74) is 1.85. The van der Waals surface area contributed by atoms with Crippen LogP contribution in [0, 0.1) is 11.8 Å². The van der Waals surface area contributed by atoms with Crippen LogP contribution in [-0.4, -0.2) is 14.5 Å². The van der Waals surface area contributed by atoms with Crippen molar-refractivity contribution in [3.8, 4) is 5.75 Å². The molecule has 1 N–H and O–H groups in total. The molecule has 0 amide bonds. The largest absolute Gasteiger partial charge is 0.507 e. The lowest BCUT2D eigenvalue weighted by Gasteiger charge is -2.14. The molecule has 0 aliphatic heterocycles. The zero-order valence-electron chi connectivity index (χ0n) is 13.0. The molecule has 0 bridgehead atoms. The molecule has 1 unspecified atom stereocenters. The number of nitrogens with zero attached hydrogens (tertiary/aromatic N) is 2. The molecule has 2 atom stereocenters. The van der Waals surface area contributed by atoms with Gasteiger partial charge in [0, 0.05) is 30.2 Å². The quantitative estimate of drug-likeness (QED) is 0.789. The van der Waals surface area contributed by atoms with E-state index in [9.17, 15) is 5.11 Å². The fourth-order valence-corrected chi connectivity index (χ4v) is 3.74. The van der Waals surface area contributed by atoms with E-state index in [0.29, 0.717) is 5.75 Å². The maximum absolute atomic E-state index is 10.0. The Bertz CT molecular complexity index is 590. The van der Waals surface area contributed by atoms with Crippen LogP contribution in [0.15, 0.2) is 24.7 Å². The van der Waals surface area contributed by atoms with E-state index in [1.54, 1.807) is 12.3 Å². The van der Waals surface area contributed by atoms with Gasteiger partial charge in [-0.3, -0.25) is 0 Å². The third-order valence-electron chi connectivity index (χ3n) is 5.15. The second kappa shape index (κ2) is 6.50. The molecule has 3 nitrogen and oxygen atoms in total. The standard InChI is InChI=1S/C18H26N2O/c1-14-6-5-9-15(14)7-3-2-4-8-16-13-20-11-10-19-18(20)12-17(16)21/h10-15,21H,2-9H2,1H3/t14?,15-/m1/s1. The molecule has 114 valence electrons. The maximum atomic E-state index is 10.0. The minimum atomic E-state index is 0.387. The van der Waals surface area contributed by atoms with Crippen LogP contribution in [0.2, 0.25) is 0 Å². The van der Waals surface area contributed by atoms with Crippen LogP contribution in [0.25, 0.3) is 5.65 Å². The third-order valence-corrected chi connectivity index (χ3v) is 5.15. The van der Waals surface area contributed by atoms with Gasteiger partial charge in [-0.2, -0.15) is 0 Å². The van der Waals surface area contributed by atoms with Gasteiger partial charge in [-0.1, -0.05) is 45.4 Å². The third kappa shape index (κ3) is 3.39. The van der Waals surface area contributed by atoms with E-state index < -0.39 is 0 Å². The summed E-state index contributed by atoms with van der Waals surface area (Å²) in [7, 11) is 0. The topological polar surface area (TPSA) is 37.5 Å². The van der Waals surface area contributed by atoms with Gasteiger partial charge in [0.25, 0.3) is 0 Å². The molecule has 0 spiro atoms. The van der Waals surface area contributed by atoms with Crippen LogP contribution in [0.3, 0.4) is 0 Å². The first-order valence-electron chi connectivity index (χ1n) is 8.38. The number of rotatable bonds is 6. The summed E-state index contributed by atoms with van der Waals surface area (Å²) in [6.45, 7) is 2.41. The molecule has 2 aromatic heterocycles. The number of aryl methyl sites for hydroxylation is 1. The molecule has 0 aromatic carbocycles. The lowest BCUT2D eigenvalue weighted by Crippen LogP contribution is -2.03. The molecule has 21 heavy (non-hydrogen) atoms. The van der Waals surface area contributed by atoms with Crippen LogP contribution in [-0.2, 0) is 6.42 Å². The predicted molar refractivity (Wildman–Crippen MR) is 85.5 cm³/mol. The minimum Gasteiger partial charge on any atom is -0.507 e. The van der Waals surface area contributed by atoms with Gasteiger partial charge >= 0.3 is 0 Å². The summed E-state index contributed by atoms with van der Waals surface area (Å²) in [5.74, 6) is 2.30. The van der Waals surface area contributed by atoms with E-state index in [1.165, 1.54) is 38.5 Å². The number of fused-ring (bicyclic) bond motifs is 1. The van der Waals surface area contributed by atoms with Gasteiger partial charge in [0.15, 0.2) is 0 Å². The highest BCUT2D eigenvalue weighted by atomic mass is 16.3. The van der Waals surface area contributed by atoms with Gasteiger partial charge in [0.2, 0.25) is 0 Å². The molecule has 1 aliphatic rings. The Kier molecular flexibility index (Phi) is 4.47. The van der Waals surface area contributed by atoms with Gasteiger partial charge in [-0.25, -0.2) is 4.98 Å². The van der Waals surface area contributed by atoms with Gasteiger partial charge < -0.3 is 9.51 Å². The summed E-state index contributed by atoms with van der Waals surface area (Å²) in [5, 5.41) is 10.0. The zero-order valence-corrected chi connectivity index (χ0v) is 13.0. The summed E-state index contributed by atoms with van der Waals surface area (Å²) in [6, 6.07) is 1.76. The van der Waals surface area contributed by atoms with E-state index in [1.807, 2.05) is 16.8 Å². The highest BCUT2D eigenvalue weighted by molar-refractivity contribution is 5.47. The lowest BCUT2D eigenvalue weighted by molar-refractivity contribution is 0.375. The Morgan fingerprint density at radius 1 is 1.29 bits per heavy atom. The first kappa shape index (κ1) is 14.4. The van der Waals surface area contributed by atoms with E-state index in [4.69, 9.17) is 0 Å². The smallest absolute Gasteiger partial charge is 0.140 e. The monoisotopic (exact) mass is 286 g/mol. The summed E-state index contributed by atoms with van der Waals surface area (Å²) in [4.78, 5) is 4.18. The van der Waals surface area contributed by atoms with Crippen molar-refractivity contribution >= 4 is 5.65 Å². The van der Waals surface area contributed by atoms with Gasteiger partial charge in [0.05, 0.1) is 0 Å². The van der Waals surface area contributed by atoms with Crippen LogP contribution in [0.4, 0.5) is 0 Å². The van der Waals surface area contributed by atoms with Gasteiger partial charge in [0.1, 0.15) is 11.4 Å². The highest BCUT2D eigenvalue weighted by Crippen LogP contribution is 2.34. The van der Waals surface area contributed by atoms with Crippen molar-refractivity contribution in [2.75, 3.05) is 0 Å². The zero-order chi connectivity index (χ0) is 14.7. The molecule has 2 heterocycles. The average Bonchev–Trinajstić information content (AvgIpc) is 3.07. The van der Waals surface area contributed by atoms with E-state index in [0.717, 1.165) is 35.9 Å². The van der Waals surface area contributed by atoms with Crippen LogP contribution < -0.4 is 0 Å². The number of aromatic hydroxyl groups is 1. The minimum absolute atomic E-state index is 0.387. The second-order valence-corrected chi connectivity index (χ2v) is 6.64. The van der Waals surface area contributed by atoms with Gasteiger partial charge in [-0.15, -0.1) is 0 Å². The van der Waals surface area contributed by atoms with Crippen LogP contribution in [0.5, 0.6) is 5.75 Å². The molecule has 3 heteroatoms. The average molecular weight is 286 g/mol. The summed E-state index contributed by atoms with van der Waals surface area (Å²) in [6.07, 6.45) is 16.1. The SMILES string of the molecule is CC1CCC[C@H]1CCCCCc1cn2ccnc2cc1O. The van der Waals surface area contributed by atoms with E-state index in [-0.39, 0.29) is 0 Å². The first-order chi connectivity index (χ1) is 10.2. The Morgan fingerprint density at radius 3 is 3.00 bits per heavy atom. The molecular weight excluding hydrogens is 260 g/mol. The first-order valence-corrected chi connectivity index (χ1v) is 8.38. The van der Waals surface area contributed by atoms with Crippen LogP contribution in [0.1, 0.15) is 57.4 Å². The normalized spacial score (nSPS) is 22.1. The van der Waals surface area contributed by atoms with Crippen molar-refractivity contribution in [3.05, 3.63) is 30.2 Å². The fourth-order valence-electron chi connectivity index (χ4n) is 3.74. The van der Waals surface area contributed by atoms with Crippen molar-refractivity contribution < 1.29 is 5.11 Å². The number of pyridine rings is 1.